The monoisotopic (exact) mass is 248 g/mol. The van der Waals surface area contributed by atoms with Gasteiger partial charge in [0, 0.05) is 6.20 Å². The number of pyridine rings is 1. The summed E-state index contributed by atoms with van der Waals surface area (Å²) >= 11 is 5.77. The molecule has 4 heteroatoms. The molecule has 0 saturated carbocycles. The number of aromatic nitrogens is 1. The fourth-order valence-corrected chi connectivity index (χ4v) is 1.71. The number of hydrogen-bond donors (Lipinski definition) is 1. The van der Waals surface area contributed by atoms with Crippen molar-refractivity contribution in [1.82, 2.24) is 4.98 Å². The van der Waals surface area contributed by atoms with Crippen molar-refractivity contribution >= 4 is 17.3 Å². The minimum Gasteiger partial charge on any atom is -0.437 e. The van der Waals surface area contributed by atoms with Gasteiger partial charge in [-0.1, -0.05) is 29.3 Å². The molecule has 2 rings (SSSR count). The number of benzene rings is 1. The Balaban J connectivity index is 2.31. The van der Waals surface area contributed by atoms with E-state index < -0.39 is 0 Å². The summed E-state index contributed by atoms with van der Waals surface area (Å²) in [5, 5.41) is 0.496. The third-order valence-electron chi connectivity index (χ3n) is 2.38. The molecule has 0 aliphatic carbocycles. The number of hydrogen-bond acceptors (Lipinski definition) is 3. The molecule has 0 spiro atoms. The van der Waals surface area contributed by atoms with Gasteiger partial charge in [-0.25, -0.2) is 4.98 Å². The number of nitrogen functional groups attached to an aromatic ring is 1. The van der Waals surface area contributed by atoms with Crippen LogP contribution in [-0.2, 0) is 0 Å². The van der Waals surface area contributed by atoms with Gasteiger partial charge in [0.1, 0.15) is 5.75 Å². The molecule has 0 bridgehead atoms. The van der Waals surface area contributed by atoms with Crippen molar-refractivity contribution in [3.05, 3.63) is 46.6 Å². The molecule has 2 aromatic rings. The topological polar surface area (TPSA) is 48.1 Å². The molecule has 17 heavy (non-hydrogen) atoms. The van der Waals surface area contributed by atoms with Crippen LogP contribution in [0.4, 0.5) is 5.69 Å². The van der Waals surface area contributed by atoms with Crippen LogP contribution in [0.2, 0.25) is 5.02 Å². The molecule has 0 saturated heterocycles. The molecule has 1 aromatic heterocycles. The molecule has 0 amide bonds. The van der Waals surface area contributed by atoms with E-state index in [0.717, 1.165) is 11.3 Å². The minimum absolute atomic E-state index is 0.376. The Morgan fingerprint density at radius 3 is 2.65 bits per heavy atom. The fourth-order valence-electron chi connectivity index (χ4n) is 1.55. The maximum atomic E-state index is 5.78. The molecule has 0 aliphatic heterocycles. The number of ether oxygens (including phenoxy) is 1. The van der Waals surface area contributed by atoms with E-state index in [1.165, 1.54) is 11.8 Å². The molecular weight excluding hydrogens is 236 g/mol. The lowest BCUT2D eigenvalue weighted by Crippen LogP contribution is -1.96. The highest BCUT2D eigenvalue weighted by Crippen LogP contribution is 2.29. The van der Waals surface area contributed by atoms with Gasteiger partial charge in [-0.15, -0.1) is 0 Å². The summed E-state index contributed by atoms with van der Waals surface area (Å²) in [5.41, 5.74) is 8.44. The summed E-state index contributed by atoms with van der Waals surface area (Å²) in [5.74, 6) is 1.12. The van der Waals surface area contributed by atoms with Gasteiger partial charge in [0.15, 0.2) is 0 Å². The van der Waals surface area contributed by atoms with E-state index >= 15 is 0 Å². The zero-order chi connectivity index (χ0) is 12.4. The number of rotatable bonds is 2. The second-order valence-electron chi connectivity index (χ2n) is 3.92. The first-order chi connectivity index (χ1) is 8.06. The molecule has 1 heterocycles. The molecule has 1 aromatic carbocycles. The highest BCUT2D eigenvalue weighted by molar-refractivity contribution is 6.30. The summed E-state index contributed by atoms with van der Waals surface area (Å²) < 4.78 is 5.66. The molecule has 88 valence electrons. The maximum Gasteiger partial charge on any atom is 0.242 e. The summed E-state index contributed by atoms with van der Waals surface area (Å²) in [6, 6.07) is 7.55. The Morgan fingerprint density at radius 1 is 1.24 bits per heavy atom. The summed E-state index contributed by atoms with van der Waals surface area (Å²) in [4.78, 5) is 4.06. The van der Waals surface area contributed by atoms with Crippen LogP contribution in [0.5, 0.6) is 11.6 Å². The zero-order valence-electron chi connectivity index (χ0n) is 9.70. The SMILES string of the molecule is Cc1ccc(Oc2ncc(Cl)cc2N)c(C)c1. The van der Waals surface area contributed by atoms with Crippen LogP contribution in [0.15, 0.2) is 30.5 Å². The molecule has 0 atom stereocenters. The highest BCUT2D eigenvalue weighted by atomic mass is 35.5. The standard InChI is InChI=1S/C13H13ClN2O/c1-8-3-4-12(9(2)5-8)17-13-11(15)6-10(14)7-16-13/h3-7H,15H2,1-2H3. The van der Waals surface area contributed by atoms with E-state index in [1.54, 1.807) is 6.07 Å². The van der Waals surface area contributed by atoms with Crippen molar-refractivity contribution in [2.24, 2.45) is 0 Å². The summed E-state index contributed by atoms with van der Waals surface area (Å²) in [6.07, 6.45) is 1.51. The largest absolute Gasteiger partial charge is 0.437 e. The summed E-state index contributed by atoms with van der Waals surface area (Å²) in [6.45, 7) is 4.01. The second-order valence-corrected chi connectivity index (χ2v) is 4.36. The molecular formula is C13H13ClN2O. The van der Waals surface area contributed by atoms with Crippen LogP contribution in [0, 0.1) is 13.8 Å². The number of nitrogens with zero attached hydrogens (tertiary/aromatic N) is 1. The van der Waals surface area contributed by atoms with E-state index in [0.29, 0.717) is 16.6 Å². The van der Waals surface area contributed by atoms with E-state index in [9.17, 15) is 0 Å². The predicted octanol–water partition coefficient (Wildman–Crippen LogP) is 3.73. The van der Waals surface area contributed by atoms with Crippen molar-refractivity contribution in [3.63, 3.8) is 0 Å². The average molecular weight is 249 g/mol. The predicted molar refractivity (Wildman–Crippen MR) is 69.6 cm³/mol. The third-order valence-corrected chi connectivity index (χ3v) is 2.59. The van der Waals surface area contributed by atoms with Crippen molar-refractivity contribution < 1.29 is 4.74 Å². The Labute approximate surface area is 105 Å². The Bertz CT molecular complexity index is 506. The number of nitrogens with two attached hydrogens (primary N) is 1. The quantitative estimate of drug-likeness (QED) is 0.881. The zero-order valence-corrected chi connectivity index (χ0v) is 10.5. The van der Waals surface area contributed by atoms with Crippen molar-refractivity contribution in [1.29, 1.82) is 0 Å². The van der Waals surface area contributed by atoms with Gasteiger partial charge in [-0.2, -0.15) is 0 Å². The van der Waals surface area contributed by atoms with Gasteiger partial charge in [0.2, 0.25) is 5.88 Å². The van der Waals surface area contributed by atoms with Crippen LogP contribution in [0.3, 0.4) is 0 Å². The molecule has 0 aliphatic rings. The van der Waals surface area contributed by atoms with Gasteiger partial charge in [0.25, 0.3) is 0 Å². The lowest BCUT2D eigenvalue weighted by molar-refractivity contribution is 0.462. The normalized spacial score (nSPS) is 10.3. The molecule has 2 N–H and O–H groups in total. The van der Waals surface area contributed by atoms with Crippen LogP contribution in [-0.4, -0.2) is 4.98 Å². The van der Waals surface area contributed by atoms with Crippen LogP contribution in [0.25, 0.3) is 0 Å². The van der Waals surface area contributed by atoms with E-state index in [2.05, 4.69) is 4.98 Å². The lowest BCUT2D eigenvalue weighted by atomic mass is 10.1. The Kier molecular flexibility index (Phi) is 3.20. The van der Waals surface area contributed by atoms with E-state index in [4.69, 9.17) is 22.1 Å². The highest BCUT2D eigenvalue weighted by Gasteiger charge is 2.06. The van der Waals surface area contributed by atoms with Gasteiger partial charge in [0.05, 0.1) is 10.7 Å². The number of anilines is 1. The fraction of sp³-hybridized carbons (Fsp3) is 0.154. The first-order valence-corrected chi connectivity index (χ1v) is 5.60. The molecule has 0 unspecified atom stereocenters. The second kappa shape index (κ2) is 4.63. The van der Waals surface area contributed by atoms with Crippen LogP contribution in [0.1, 0.15) is 11.1 Å². The third kappa shape index (κ3) is 2.68. The van der Waals surface area contributed by atoms with Crippen LogP contribution < -0.4 is 10.5 Å². The van der Waals surface area contributed by atoms with Gasteiger partial charge in [-0.05, 0) is 31.5 Å². The molecule has 0 radical (unpaired) electrons. The van der Waals surface area contributed by atoms with Crippen molar-refractivity contribution in [2.45, 2.75) is 13.8 Å². The van der Waals surface area contributed by atoms with Crippen molar-refractivity contribution in [3.8, 4) is 11.6 Å². The smallest absolute Gasteiger partial charge is 0.242 e. The Hall–Kier alpha value is -1.74. The van der Waals surface area contributed by atoms with E-state index in [1.807, 2.05) is 32.0 Å². The summed E-state index contributed by atoms with van der Waals surface area (Å²) in [7, 11) is 0. The van der Waals surface area contributed by atoms with Gasteiger partial charge >= 0.3 is 0 Å². The Morgan fingerprint density at radius 2 is 2.00 bits per heavy atom. The van der Waals surface area contributed by atoms with Crippen molar-refractivity contribution in [2.75, 3.05) is 5.73 Å². The van der Waals surface area contributed by atoms with Crippen LogP contribution >= 0.6 is 11.6 Å². The number of halogens is 1. The van der Waals surface area contributed by atoms with E-state index in [-0.39, 0.29) is 0 Å². The van der Waals surface area contributed by atoms with Gasteiger partial charge < -0.3 is 10.5 Å². The maximum absolute atomic E-state index is 5.78. The first kappa shape index (κ1) is 11.7. The molecule has 3 nitrogen and oxygen atoms in total. The first-order valence-electron chi connectivity index (χ1n) is 5.22. The number of aryl methyl sites for hydroxylation is 2. The van der Waals surface area contributed by atoms with Gasteiger partial charge in [-0.3, -0.25) is 0 Å². The average Bonchev–Trinajstić information content (AvgIpc) is 2.25. The minimum atomic E-state index is 0.376. The molecule has 0 fully saturated rings. The lowest BCUT2D eigenvalue weighted by Gasteiger charge is -2.10.